The van der Waals surface area contributed by atoms with Crippen molar-refractivity contribution in [2.75, 3.05) is 12.9 Å². The van der Waals surface area contributed by atoms with Crippen molar-refractivity contribution in [1.29, 1.82) is 0 Å². The number of methoxy groups -OCH3 is 1. The zero-order valence-corrected chi connectivity index (χ0v) is 22.4. The lowest BCUT2D eigenvalue weighted by atomic mass is 10.1. The van der Waals surface area contributed by atoms with E-state index in [9.17, 15) is 9.90 Å². The summed E-state index contributed by atoms with van der Waals surface area (Å²) in [6.07, 6.45) is 0. The maximum absolute atomic E-state index is 12.0. The number of nitrogens with zero attached hydrogens (tertiary/aromatic N) is 2. The van der Waals surface area contributed by atoms with Crippen molar-refractivity contribution in [2.45, 2.75) is 38.4 Å². The van der Waals surface area contributed by atoms with E-state index in [2.05, 4.69) is 4.98 Å². The number of aliphatic carboxylic acids is 1. The highest BCUT2D eigenvalue weighted by molar-refractivity contribution is 7.99. The third-order valence-corrected chi connectivity index (χ3v) is 8.00. The summed E-state index contributed by atoms with van der Waals surface area (Å²) in [4.78, 5) is 18.7. The van der Waals surface area contributed by atoms with Crippen LogP contribution in [-0.2, 0) is 17.9 Å². The van der Waals surface area contributed by atoms with E-state index < -0.39 is 12.0 Å². The molecule has 38 heavy (non-hydrogen) atoms. The summed E-state index contributed by atoms with van der Waals surface area (Å²) < 4.78 is 17.2. The molecular weight excluding hydrogens is 500 g/mol. The fourth-order valence-corrected chi connectivity index (χ4v) is 5.94. The van der Waals surface area contributed by atoms with Crippen molar-refractivity contribution < 1.29 is 23.8 Å². The number of thioether (sulfide) groups is 1. The van der Waals surface area contributed by atoms with Crippen molar-refractivity contribution in [1.82, 2.24) is 9.88 Å². The number of benzene rings is 3. The molecule has 0 saturated carbocycles. The van der Waals surface area contributed by atoms with Crippen LogP contribution in [0, 0.1) is 13.8 Å². The number of carboxylic acids is 1. The lowest BCUT2D eigenvalue weighted by Crippen LogP contribution is -2.38. The number of carbonyl (C=O) groups is 1. The number of aryl methyl sites for hydroxylation is 2. The van der Waals surface area contributed by atoms with Crippen LogP contribution in [0.2, 0.25) is 0 Å². The minimum atomic E-state index is -0.813. The van der Waals surface area contributed by atoms with Gasteiger partial charge in [-0.3, -0.25) is 9.69 Å². The van der Waals surface area contributed by atoms with E-state index >= 15 is 0 Å². The van der Waals surface area contributed by atoms with Crippen LogP contribution in [0.3, 0.4) is 0 Å². The van der Waals surface area contributed by atoms with Gasteiger partial charge < -0.3 is 19.0 Å². The lowest BCUT2D eigenvalue weighted by Gasteiger charge is -2.27. The smallest absolute Gasteiger partial charge is 0.321 e. The van der Waals surface area contributed by atoms with Gasteiger partial charge in [0.1, 0.15) is 35.6 Å². The SMILES string of the molecule is COc1ccc([C@H]2SCC(C(=O)O)N2Cc2cccc(OCc3nc(-c4ccc(C)cc4)oc3C)c2)cc1. The first-order valence-electron chi connectivity index (χ1n) is 12.4. The summed E-state index contributed by atoms with van der Waals surface area (Å²) in [5.74, 6) is 2.48. The van der Waals surface area contributed by atoms with Crippen molar-refractivity contribution >= 4 is 17.7 Å². The van der Waals surface area contributed by atoms with Gasteiger partial charge in [-0.15, -0.1) is 11.8 Å². The molecule has 1 aliphatic heterocycles. The largest absolute Gasteiger partial charge is 0.497 e. The molecule has 5 rings (SSSR count). The predicted octanol–water partition coefficient (Wildman–Crippen LogP) is 6.25. The summed E-state index contributed by atoms with van der Waals surface area (Å²) in [5, 5.41) is 9.82. The first kappa shape index (κ1) is 25.9. The molecule has 3 aromatic carbocycles. The molecule has 2 heterocycles. The Kier molecular flexibility index (Phi) is 7.72. The Balaban J connectivity index is 1.29. The fraction of sp³-hybridized carbons (Fsp3) is 0.267. The molecule has 1 aliphatic rings. The molecule has 0 bridgehead atoms. The first-order valence-corrected chi connectivity index (χ1v) is 13.5. The average molecular weight is 531 g/mol. The van der Waals surface area contributed by atoms with Crippen LogP contribution in [0.15, 0.2) is 77.2 Å². The Morgan fingerprint density at radius 3 is 2.55 bits per heavy atom. The van der Waals surface area contributed by atoms with E-state index in [4.69, 9.17) is 13.9 Å². The quantitative estimate of drug-likeness (QED) is 0.272. The Morgan fingerprint density at radius 1 is 1.08 bits per heavy atom. The van der Waals surface area contributed by atoms with E-state index in [0.717, 1.165) is 33.9 Å². The van der Waals surface area contributed by atoms with E-state index in [1.807, 2.05) is 91.5 Å². The maximum Gasteiger partial charge on any atom is 0.321 e. The average Bonchev–Trinajstić information content (AvgIpc) is 3.51. The zero-order valence-electron chi connectivity index (χ0n) is 21.6. The summed E-state index contributed by atoms with van der Waals surface area (Å²) in [7, 11) is 1.63. The second kappa shape index (κ2) is 11.3. The standard InChI is InChI=1S/C30H30N2O5S/c1-19-7-9-22(10-8-19)28-31-26(20(2)37-28)17-36-25-6-4-5-21(15-25)16-32-27(30(33)34)18-38-29(32)23-11-13-24(35-3)14-12-23/h4-15,27,29H,16-18H2,1-3H3,(H,33,34)/t27?,29-/m1/s1. The Labute approximate surface area is 226 Å². The number of oxazole rings is 1. The van der Waals surface area contributed by atoms with E-state index in [0.29, 0.717) is 23.9 Å². The van der Waals surface area contributed by atoms with Gasteiger partial charge in [-0.2, -0.15) is 0 Å². The van der Waals surface area contributed by atoms with Gasteiger partial charge in [-0.1, -0.05) is 42.0 Å². The Bertz CT molecular complexity index is 1400. The zero-order chi connectivity index (χ0) is 26.6. The summed E-state index contributed by atoms with van der Waals surface area (Å²) in [6.45, 7) is 4.69. The van der Waals surface area contributed by atoms with Gasteiger partial charge in [-0.25, -0.2) is 4.98 Å². The van der Waals surface area contributed by atoms with Gasteiger partial charge in [0.25, 0.3) is 0 Å². The van der Waals surface area contributed by atoms with Crippen LogP contribution in [0.1, 0.15) is 33.5 Å². The Hall–Kier alpha value is -3.75. The van der Waals surface area contributed by atoms with E-state index in [1.165, 1.54) is 5.56 Å². The second-order valence-corrected chi connectivity index (χ2v) is 10.4. The van der Waals surface area contributed by atoms with Crippen LogP contribution < -0.4 is 9.47 Å². The minimum absolute atomic E-state index is 0.0652. The van der Waals surface area contributed by atoms with Crippen LogP contribution >= 0.6 is 11.8 Å². The number of carboxylic acid groups (broad SMARTS) is 1. The lowest BCUT2D eigenvalue weighted by molar-refractivity contribution is -0.142. The monoisotopic (exact) mass is 530 g/mol. The van der Waals surface area contributed by atoms with Crippen LogP contribution in [0.25, 0.3) is 11.5 Å². The molecule has 0 radical (unpaired) electrons. The van der Waals surface area contributed by atoms with Crippen LogP contribution in [0.5, 0.6) is 11.5 Å². The van der Waals surface area contributed by atoms with Crippen LogP contribution in [-0.4, -0.2) is 39.9 Å². The number of rotatable bonds is 9. The van der Waals surface area contributed by atoms with Crippen molar-refractivity contribution in [3.05, 3.63) is 101 Å². The molecule has 2 atom stereocenters. The summed E-state index contributed by atoms with van der Waals surface area (Å²) in [6, 6.07) is 23.1. The molecule has 0 amide bonds. The molecule has 8 heteroatoms. The molecule has 1 N–H and O–H groups in total. The highest BCUT2D eigenvalue weighted by atomic mass is 32.2. The van der Waals surface area contributed by atoms with Gasteiger partial charge in [-0.05, 0) is 61.4 Å². The second-order valence-electron chi connectivity index (χ2n) is 9.31. The van der Waals surface area contributed by atoms with Gasteiger partial charge in [0, 0.05) is 17.9 Å². The number of hydrogen-bond donors (Lipinski definition) is 1. The molecular formula is C30H30N2O5S. The molecule has 1 fully saturated rings. The molecule has 0 aliphatic carbocycles. The normalized spacial score (nSPS) is 17.4. The highest BCUT2D eigenvalue weighted by Gasteiger charge is 2.39. The third kappa shape index (κ3) is 5.71. The third-order valence-electron chi connectivity index (χ3n) is 6.63. The molecule has 1 unspecified atom stereocenters. The van der Waals surface area contributed by atoms with Crippen molar-refractivity contribution in [3.8, 4) is 23.0 Å². The van der Waals surface area contributed by atoms with Crippen molar-refractivity contribution in [3.63, 3.8) is 0 Å². The van der Waals surface area contributed by atoms with E-state index in [-0.39, 0.29) is 12.0 Å². The molecule has 7 nitrogen and oxygen atoms in total. The predicted molar refractivity (Wildman–Crippen MR) is 147 cm³/mol. The molecule has 1 saturated heterocycles. The number of hydrogen-bond acceptors (Lipinski definition) is 7. The molecule has 4 aromatic rings. The molecule has 1 aromatic heterocycles. The molecule has 196 valence electrons. The van der Waals surface area contributed by atoms with Crippen LogP contribution in [0.4, 0.5) is 0 Å². The van der Waals surface area contributed by atoms with Crippen molar-refractivity contribution in [2.24, 2.45) is 0 Å². The maximum atomic E-state index is 12.0. The number of ether oxygens (including phenoxy) is 2. The molecule has 0 spiro atoms. The summed E-state index contributed by atoms with van der Waals surface area (Å²) in [5.41, 5.74) is 4.88. The summed E-state index contributed by atoms with van der Waals surface area (Å²) >= 11 is 1.64. The number of aromatic nitrogens is 1. The first-order chi connectivity index (χ1) is 18.4. The van der Waals surface area contributed by atoms with E-state index in [1.54, 1.807) is 18.9 Å². The van der Waals surface area contributed by atoms with Gasteiger partial charge in [0.05, 0.1) is 12.5 Å². The minimum Gasteiger partial charge on any atom is -0.497 e. The van der Waals surface area contributed by atoms with Gasteiger partial charge >= 0.3 is 5.97 Å². The highest BCUT2D eigenvalue weighted by Crippen LogP contribution is 2.43. The van der Waals surface area contributed by atoms with Gasteiger partial charge in [0.15, 0.2) is 0 Å². The fourth-order valence-electron chi connectivity index (χ4n) is 4.48. The Morgan fingerprint density at radius 2 is 1.84 bits per heavy atom. The van der Waals surface area contributed by atoms with Gasteiger partial charge in [0.2, 0.25) is 5.89 Å². The topological polar surface area (TPSA) is 85.0 Å².